The third-order valence-electron chi connectivity index (χ3n) is 3.52. The van der Waals surface area contributed by atoms with E-state index in [9.17, 15) is 9.18 Å². The Labute approximate surface area is 140 Å². The minimum absolute atomic E-state index is 0.317. The van der Waals surface area contributed by atoms with Gasteiger partial charge in [0, 0.05) is 5.56 Å². The largest absolute Gasteiger partial charge is 0.298 e. The summed E-state index contributed by atoms with van der Waals surface area (Å²) in [6.45, 7) is 0. The normalized spacial score (nSPS) is 10.9. The lowest BCUT2D eigenvalue weighted by atomic mass is 10.1. The van der Waals surface area contributed by atoms with Gasteiger partial charge in [0.1, 0.15) is 5.82 Å². The lowest BCUT2D eigenvalue weighted by Gasteiger charge is -2.03. The van der Waals surface area contributed by atoms with Crippen LogP contribution < -0.4 is 5.32 Å². The van der Waals surface area contributed by atoms with Crippen molar-refractivity contribution in [3.8, 4) is 11.3 Å². The topological polar surface area (TPSA) is 70.7 Å². The highest BCUT2D eigenvalue weighted by Gasteiger charge is 2.17. The second-order valence-electron chi connectivity index (χ2n) is 5.11. The van der Waals surface area contributed by atoms with E-state index in [1.165, 1.54) is 29.7 Å². The van der Waals surface area contributed by atoms with Crippen LogP contribution in [-0.4, -0.2) is 21.1 Å². The first-order valence-corrected chi connectivity index (χ1v) is 7.98. The highest BCUT2D eigenvalue weighted by atomic mass is 32.1. The van der Waals surface area contributed by atoms with Crippen LogP contribution in [0, 0.1) is 5.82 Å². The summed E-state index contributed by atoms with van der Waals surface area (Å²) < 4.78 is 13.9. The predicted octanol–water partition coefficient (Wildman–Crippen LogP) is 4.08. The first kappa shape index (κ1) is 14.5. The third kappa shape index (κ3) is 2.65. The Morgan fingerprint density at radius 3 is 2.83 bits per heavy atom. The van der Waals surface area contributed by atoms with Crippen molar-refractivity contribution in [1.82, 2.24) is 15.2 Å². The summed E-state index contributed by atoms with van der Waals surface area (Å²) in [6, 6.07) is 13.8. The Morgan fingerprint density at radius 1 is 1.17 bits per heavy atom. The molecule has 2 aromatic carbocycles. The fraction of sp³-hybridized carbons (Fsp3) is 0. The average Bonchev–Trinajstić information content (AvgIpc) is 3.21. The molecule has 0 aliphatic heterocycles. The van der Waals surface area contributed by atoms with Gasteiger partial charge in [-0.05, 0) is 18.2 Å². The molecule has 4 rings (SSSR count). The maximum absolute atomic E-state index is 13.3. The molecular weight excluding hydrogens is 327 g/mol. The van der Waals surface area contributed by atoms with Crippen LogP contribution in [0.15, 0.2) is 54.7 Å². The van der Waals surface area contributed by atoms with Crippen LogP contribution in [0.1, 0.15) is 10.4 Å². The number of carbonyl (C=O) groups is 1. The van der Waals surface area contributed by atoms with E-state index in [0.29, 0.717) is 26.6 Å². The van der Waals surface area contributed by atoms with E-state index < -0.39 is 0 Å². The predicted molar refractivity (Wildman–Crippen MR) is 91.6 cm³/mol. The fourth-order valence-corrected chi connectivity index (χ4v) is 3.29. The monoisotopic (exact) mass is 338 g/mol. The van der Waals surface area contributed by atoms with Gasteiger partial charge in [0.2, 0.25) is 0 Å². The molecule has 0 spiro atoms. The summed E-state index contributed by atoms with van der Waals surface area (Å²) in [5, 5.41) is 9.98. The van der Waals surface area contributed by atoms with Gasteiger partial charge >= 0.3 is 0 Å². The number of aromatic nitrogens is 3. The quantitative estimate of drug-likeness (QED) is 0.591. The fourth-order valence-electron chi connectivity index (χ4n) is 2.40. The number of hydrogen-bond donors (Lipinski definition) is 2. The lowest BCUT2D eigenvalue weighted by Crippen LogP contribution is -2.11. The molecule has 5 nitrogen and oxygen atoms in total. The number of rotatable bonds is 3. The Kier molecular flexibility index (Phi) is 3.55. The number of anilines is 1. The van der Waals surface area contributed by atoms with E-state index in [-0.39, 0.29) is 11.7 Å². The molecular formula is C17H11FN4OS. The second-order valence-corrected chi connectivity index (χ2v) is 6.14. The number of aromatic amines is 1. The molecule has 2 N–H and O–H groups in total. The molecule has 0 radical (unpaired) electrons. The molecule has 4 aromatic rings. The molecule has 2 aromatic heterocycles. The minimum atomic E-state index is -0.328. The number of nitrogens with zero attached hydrogens (tertiary/aromatic N) is 2. The summed E-state index contributed by atoms with van der Waals surface area (Å²) in [5.41, 5.74) is 2.57. The summed E-state index contributed by atoms with van der Waals surface area (Å²) in [6.07, 6.45) is 1.48. The number of fused-ring (bicyclic) bond motifs is 1. The summed E-state index contributed by atoms with van der Waals surface area (Å²) in [4.78, 5) is 16.8. The number of halogens is 1. The van der Waals surface area contributed by atoms with Gasteiger partial charge in [-0.15, -0.1) is 0 Å². The van der Waals surface area contributed by atoms with Gasteiger partial charge in [-0.1, -0.05) is 41.7 Å². The average molecular weight is 338 g/mol. The molecule has 0 aliphatic carbocycles. The molecule has 118 valence electrons. The maximum Gasteiger partial charge on any atom is 0.261 e. The Bertz CT molecular complexity index is 1030. The van der Waals surface area contributed by atoms with Crippen LogP contribution in [0.2, 0.25) is 0 Å². The number of thiazole rings is 1. The highest BCUT2D eigenvalue weighted by Crippen LogP contribution is 2.28. The third-order valence-corrected chi connectivity index (χ3v) is 4.45. The van der Waals surface area contributed by atoms with Gasteiger partial charge in [-0.2, -0.15) is 5.10 Å². The zero-order chi connectivity index (χ0) is 16.5. The number of nitrogens with one attached hydrogen (secondary N) is 2. The number of amides is 1. The second kappa shape index (κ2) is 5.86. The maximum atomic E-state index is 13.3. The standard InChI is InChI=1S/C17H11FN4OS/c18-11-6-7-13-14(8-11)24-17(20-13)21-16(23)12-9-19-22-15(12)10-4-2-1-3-5-10/h1-9H,(H,19,22)(H,20,21,23). The van der Waals surface area contributed by atoms with Crippen molar-refractivity contribution < 1.29 is 9.18 Å². The first-order valence-electron chi connectivity index (χ1n) is 7.17. The van der Waals surface area contributed by atoms with Crippen molar-refractivity contribution in [3.05, 3.63) is 66.1 Å². The molecule has 0 fully saturated rings. The molecule has 0 aliphatic rings. The van der Waals surface area contributed by atoms with Gasteiger partial charge in [0.25, 0.3) is 5.91 Å². The van der Waals surface area contributed by atoms with Crippen molar-refractivity contribution in [2.75, 3.05) is 5.32 Å². The van der Waals surface area contributed by atoms with E-state index in [0.717, 1.165) is 5.56 Å². The van der Waals surface area contributed by atoms with E-state index in [4.69, 9.17) is 0 Å². The Balaban J connectivity index is 1.64. The zero-order valence-electron chi connectivity index (χ0n) is 12.3. The number of benzene rings is 2. The molecule has 2 heterocycles. The van der Waals surface area contributed by atoms with Gasteiger partial charge < -0.3 is 0 Å². The van der Waals surface area contributed by atoms with E-state index in [1.54, 1.807) is 6.07 Å². The van der Waals surface area contributed by atoms with Crippen LogP contribution in [-0.2, 0) is 0 Å². The van der Waals surface area contributed by atoms with Crippen molar-refractivity contribution in [2.24, 2.45) is 0 Å². The van der Waals surface area contributed by atoms with Crippen LogP contribution in [0.5, 0.6) is 0 Å². The number of H-pyrrole nitrogens is 1. The van der Waals surface area contributed by atoms with E-state index >= 15 is 0 Å². The first-order chi connectivity index (χ1) is 11.7. The highest BCUT2D eigenvalue weighted by molar-refractivity contribution is 7.22. The van der Waals surface area contributed by atoms with Crippen molar-refractivity contribution >= 4 is 32.6 Å². The van der Waals surface area contributed by atoms with Gasteiger partial charge in [-0.3, -0.25) is 15.2 Å². The van der Waals surface area contributed by atoms with E-state index in [2.05, 4.69) is 20.5 Å². The molecule has 1 amide bonds. The lowest BCUT2D eigenvalue weighted by molar-refractivity contribution is 0.102. The summed E-state index contributed by atoms with van der Waals surface area (Å²) in [5.74, 6) is -0.646. The van der Waals surface area contributed by atoms with Gasteiger partial charge in [-0.25, -0.2) is 9.37 Å². The van der Waals surface area contributed by atoms with Crippen molar-refractivity contribution in [2.45, 2.75) is 0 Å². The SMILES string of the molecule is O=C(Nc1nc2ccc(F)cc2s1)c1cn[nH]c1-c1ccccc1. The molecule has 0 bridgehead atoms. The van der Waals surface area contributed by atoms with Crippen LogP contribution in [0.3, 0.4) is 0 Å². The molecule has 0 saturated heterocycles. The molecule has 0 saturated carbocycles. The van der Waals surface area contributed by atoms with Crippen molar-refractivity contribution in [1.29, 1.82) is 0 Å². The van der Waals surface area contributed by atoms with Crippen molar-refractivity contribution in [3.63, 3.8) is 0 Å². The Hall–Kier alpha value is -3.06. The molecule has 0 unspecified atom stereocenters. The summed E-state index contributed by atoms with van der Waals surface area (Å²) >= 11 is 1.23. The van der Waals surface area contributed by atoms with Crippen LogP contribution in [0.4, 0.5) is 9.52 Å². The van der Waals surface area contributed by atoms with Gasteiger partial charge in [0.05, 0.1) is 27.7 Å². The molecule has 7 heteroatoms. The van der Waals surface area contributed by atoms with Crippen LogP contribution >= 0.6 is 11.3 Å². The Morgan fingerprint density at radius 2 is 2.00 bits per heavy atom. The zero-order valence-corrected chi connectivity index (χ0v) is 13.1. The minimum Gasteiger partial charge on any atom is -0.298 e. The smallest absolute Gasteiger partial charge is 0.261 e. The van der Waals surface area contributed by atoms with Gasteiger partial charge in [0.15, 0.2) is 5.13 Å². The molecule has 24 heavy (non-hydrogen) atoms. The van der Waals surface area contributed by atoms with Crippen LogP contribution in [0.25, 0.3) is 21.5 Å². The van der Waals surface area contributed by atoms with E-state index in [1.807, 2.05) is 30.3 Å². The number of carbonyl (C=O) groups excluding carboxylic acids is 1. The molecule has 0 atom stereocenters. The number of hydrogen-bond acceptors (Lipinski definition) is 4. The summed E-state index contributed by atoms with van der Waals surface area (Å²) in [7, 11) is 0.